The number of alkyl halides is 3. The first kappa shape index (κ1) is 14.1. The summed E-state index contributed by atoms with van der Waals surface area (Å²) in [5.74, 6) is 0. The van der Waals surface area contributed by atoms with Crippen molar-refractivity contribution in [2.45, 2.75) is 25.6 Å². The predicted octanol–water partition coefficient (Wildman–Crippen LogP) is 2.05. The summed E-state index contributed by atoms with van der Waals surface area (Å²) in [7, 11) is 3.17. The van der Waals surface area contributed by atoms with Crippen molar-refractivity contribution in [1.82, 2.24) is 24.9 Å². The Hall–Kier alpha value is -1.83. The van der Waals surface area contributed by atoms with Gasteiger partial charge in [-0.05, 0) is 19.9 Å². The number of fused-ring (bicyclic) bond motifs is 1. The molecule has 0 saturated carbocycles. The third-order valence-corrected chi connectivity index (χ3v) is 3.76. The normalized spacial score (nSPS) is 18.9. The highest BCUT2D eigenvalue weighted by Crippen LogP contribution is 2.39. The molecule has 1 aliphatic heterocycles. The average Bonchev–Trinajstić information content (AvgIpc) is 2.89. The molecular weight excluding hydrogens is 283 g/mol. The van der Waals surface area contributed by atoms with Crippen LogP contribution in [-0.4, -0.2) is 26.1 Å². The molecule has 5 nitrogen and oxygen atoms in total. The van der Waals surface area contributed by atoms with Gasteiger partial charge in [0, 0.05) is 31.9 Å². The summed E-state index contributed by atoms with van der Waals surface area (Å²) in [4.78, 5) is 0. The van der Waals surface area contributed by atoms with E-state index >= 15 is 0 Å². The molecule has 0 spiro atoms. The van der Waals surface area contributed by atoms with Gasteiger partial charge in [-0.15, -0.1) is 0 Å². The van der Waals surface area contributed by atoms with Crippen molar-refractivity contribution in [2.75, 3.05) is 6.54 Å². The van der Waals surface area contributed by atoms with Crippen LogP contribution in [0.15, 0.2) is 6.20 Å². The minimum atomic E-state index is -4.48. The minimum absolute atomic E-state index is 0.0414. The summed E-state index contributed by atoms with van der Waals surface area (Å²) in [5, 5.41) is 11.2. The summed E-state index contributed by atoms with van der Waals surface area (Å²) >= 11 is 0. The lowest BCUT2D eigenvalue weighted by atomic mass is 9.97. The lowest BCUT2D eigenvalue weighted by molar-refractivity contribution is -0.141. The van der Waals surface area contributed by atoms with E-state index in [0.717, 1.165) is 17.8 Å². The van der Waals surface area contributed by atoms with E-state index in [2.05, 4.69) is 15.5 Å². The standard InChI is InChI=1S/C13H16F3N5/c1-7-10-8(4-5-17-7)11(21(3)18-10)9-6-20(2)19-12(9)13(14,15)16/h6-7,17H,4-5H2,1-3H3. The van der Waals surface area contributed by atoms with Gasteiger partial charge < -0.3 is 5.32 Å². The van der Waals surface area contributed by atoms with Crippen LogP contribution in [0.4, 0.5) is 13.2 Å². The molecule has 0 amide bonds. The van der Waals surface area contributed by atoms with E-state index in [1.165, 1.54) is 22.6 Å². The van der Waals surface area contributed by atoms with Crippen LogP contribution >= 0.6 is 0 Å². The Balaban J connectivity index is 2.23. The topological polar surface area (TPSA) is 47.7 Å². The highest BCUT2D eigenvalue weighted by atomic mass is 19.4. The monoisotopic (exact) mass is 299 g/mol. The molecule has 1 N–H and O–H groups in total. The van der Waals surface area contributed by atoms with E-state index in [1.54, 1.807) is 7.05 Å². The zero-order valence-electron chi connectivity index (χ0n) is 12.0. The molecule has 0 fully saturated rings. The van der Waals surface area contributed by atoms with E-state index in [-0.39, 0.29) is 11.6 Å². The van der Waals surface area contributed by atoms with Crippen LogP contribution in [0.1, 0.15) is 29.9 Å². The number of hydrogen-bond acceptors (Lipinski definition) is 3. The third-order valence-electron chi connectivity index (χ3n) is 3.76. The second-order valence-corrected chi connectivity index (χ2v) is 5.32. The second kappa shape index (κ2) is 4.59. The average molecular weight is 299 g/mol. The summed E-state index contributed by atoms with van der Waals surface area (Å²) in [6.45, 7) is 2.69. The van der Waals surface area contributed by atoms with E-state index in [9.17, 15) is 13.2 Å². The number of hydrogen-bond donors (Lipinski definition) is 1. The molecule has 1 atom stereocenters. The van der Waals surface area contributed by atoms with Crippen molar-refractivity contribution in [1.29, 1.82) is 0 Å². The molecule has 0 aliphatic carbocycles. The highest BCUT2D eigenvalue weighted by Gasteiger charge is 2.39. The number of aromatic nitrogens is 4. The maximum absolute atomic E-state index is 13.2. The molecule has 0 saturated heterocycles. The molecular formula is C13H16F3N5. The van der Waals surface area contributed by atoms with Gasteiger partial charge in [0.2, 0.25) is 0 Å². The van der Waals surface area contributed by atoms with Gasteiger partial charge in [0.05, 0.1) is 17.0 Å². The number of nitrogens with one attached hydrogen (secondary N) is 1. The fourth-order valence-corrected chi connectivity index (χ4v) is 2.90. The van der Waals surface area contributed by atoms with Crippen molar-refractivity contribution < 1.29 is 13.2 Å². The van der Waals surface area contributed by atoms with Gasteiger partial charge in [0.15, 0.2) is 5.69 Å². The minimum Gasteiger partial charge on any atom is -0.308 e. The van der Waals surface area contributed by atoms with Crippen LogP contribution in [0.5, 0.6) is 0 Å². The Morgan fingerprint density at radius 3 is 2.67 bits per heavy atom. The molecule has 8 heteroatoms. The predicted molar refractivity (Wildman–Crippen MR) is 70.5 cm³/mol. The Morgan fingerprint density at radius 2 is 2.00 bits per heavy atom. The second-order valence-electron chi connectivity index (χ2n) is 5.32. The zero-order chi connectivity index (χ0) is 15.4. The molecule has 1 aliphatic rings. The summed E-state index contributed by atoms with van der Waals surface area (Å²) in [6.07, 6.45) is -2.41. The molecule has 0 radical (unpaired) electrons. The van der Waals surface area contributed by atoms with Gasteiger partial charge in [-0.1, -0.05) is 0 Å². The van der Waals surface area contributed by atoms with Crippen LogP contribution in [0.3, 0.4) is 0 Å². The van der Waals surface area contributed by atoms with Crippen LogP contribution in [-0.2, 0) is 26.7 Å². The largest absolute Gasteiger partial charge is 0.435 e. The molecule has 1 unspecified atom stereocenters. The summed E-state index contributed by atoms with van der Waals surface area (Å²) in [5.41, 5.74) is 1.44. The van der Waals surface area contributed by atoms with Crippen molar-refractivity contribution in [3.63, 3.8) is 0 Å². The van der Waals surface area contributed by atoms with Gasteiger partial charge in [0.1, 0.15) is 0 Å². The van der Waals surface area contributed by atoms with Gasteiger partial charge in [0.25, 0.3) is 0 Å². The quantitative estimate of drug-likeness (QED) is 0.876. The van der Waals surface area contributed by atoms with Gasteiger partial charge in [-0.3, -0.25) is 9.36 Å². The first-order valence-corrected chi connectivity index (χ1v) is 6.69. The molecule has 3 rings (SSSR count). The molecule has 21 heavy (non-hydrogen) atoms. The first-order valence-electron chi connectivity index (χ1n) is 6.69. The number of nitrogens with zero attached hydrogens (tertiary/aromatic N) is 4. The summed E-state index contributed by atoms with van der Waals surface area (Å²) in [6, 6.07) is 0.0414. The molecule has 114 valence electrons. The Kier molecular flexibility index (Phi) is 3.09. The third kappa shape index (κ3) is 2.23. The lowest BCUT2D eigenvalue weighted by Crippen LogP contribution is -2.27. The Labute approximate surface area is 119 Å². The molecule has 2 aromatic heterocycles. The van der Waals surface area contributed by atoms with Gasteiger partial charge in [-0.2, -0.15) is 23.4 Å². The Morgan fingerprint density at radius 1 is 1.29 bits per heavy atom. The first-order chi connectivity index (χ1) is 9.79. The Bertz CT molecular complexity index is 683. The molecule has 3 heterocycles. The number of halogens is 3. The number of aryl methyl sites for hydroxylation is 2. The van der Waals surface area contributed by atoms with Gasteiger partial charge >= 0.3 is 6.18 Å². The summed E-state index contributed by atoms with van der Waals surface area (Å²) < 4.78 is 42.3. The SMILES string of the molecule is CC1NCCc2c1nn(C)c2-c1cn(C)nc1C(F)(F)F. The fraction of sp³-hybridized carbons (Fsp3) is 0.538. The van der Waals surface area contributed by atoms with Crippen LogP contribution in [0.2, 0.25) is 0 Å². The maximum atomic E-state index is 13.2. The van der Waals surface area contributed by atoms with E-state index in [1.807, 2.05) is 6.92 Å². The number of rotatable bonds is 1. The highest BCUT2D eigenvalue weighted by molar-refractivity contribution is 5.67. The van der Waals surface area contributed by atoms with E-state index < -0.39 is 11.9 Å². The molecule has 0 bridgehead atoms. The zero-order valence-corrected chi connectivity index (χ0v) is 12.0. The van der Waals surface area contributed by atoms with E-state index in [0.29, 0.717) is 12.1 Å². The van der Waals surface area contributed by atoms with Gasteiger partial charge in [-0.25, -0.2) is 0 Å². The van der Waals surface area contributed by atoms with Crippen LogP contribution in [0, 0.1) is 0 Å². The maximum Gasteiger partial charge on any atom is 0.435 e. The smallest absolute Gasteiger partial charge is 0.308 e. The lowest BCUT2D eigenvalue weighted by Gasteiger charge is -2.19. The van der Waals surface area contributed by atoms with E-state index in [4.69, 9.17) is 0 Å². The molecule has 0 aromatic carbocycles. The fourth-order valence-electron chi connectivity index (χ4n) is 2.90. The molecule has 2 aromatic rings. The van der Waals surface area contributed by atoms with Crippen LogP contribution < -0.4 is 5.32 Å². The van der Waals surface area contributed by atoms with Crippen molar-refractivity contribution in [2.24, 2.45) is 14.1 Å². The van der Waals surface area contributed by atoms with Crippen molar-refractivity contribution >= 4 is 0 Å². The van der Waals surface area contributed by atoms with Crippen LogP contribution in [0.25, 0.3) is 11.3 Å². The van der Waals surface area contributed by atoms with Crippen molar-refractivity contribution in [3.05, 3.63) is 23.1 Å². The van der Waals surface area contributed by atoms with Crippen molar-refractivity contribution in [3.8, 4) is 11.3 Å².